The summed E-state index contributed by atoms with van der Waals surface area (Å²) in [5.41, 5.74) is 8.07. The van der Waals surface area contributed by atoms with E-state index in [1.165, 1.54) is 6.07 Å². The van der Waals surface area contributed by atoms with Crippen LogP contribution >= 0.6 is 11.6 Å². The molecule has 0 atom stereocenters. The summed E-state index contributed by atoms with van der Waals surface area (Å²) in [4.78, 5) is 13.0. The van der Waals surface area contributed by atoms with Gasteiger partial charge in [-0.1, -0.05) is 29.8 Å². The Morgan fingerprint density at radius 1 is 1.25 bits per heavy atom. The van der Waals surface area contributed by atoms with Crippen molar-refractivity contribution in [3.63, 3.8) is 0 Å². The van der Waals surface area contributed by atoms with Crippen molar-refractivity contribution in [2.24, 2.45) is 0 Å². The van der Waals surface area contributed by atoms with Crippen molar-refractivity contribution in [1.82, 2.24) is 0 Å². The van der Waals surface area contributed by atoms with Crippen molar-refractivity contribution in [2.45, 2.75) is 6.54 Å². The van der Waals surface area contributed by atoms with Crippen LogP contribution in [0, 0.1) is 0 Å². The number of nitrogens with two attached hydrogens (primary N) is 1. The number of hydrogen-bond acceptors (Lipinski definition) is 3. The molecule has 0 amide bonds. The first-order valence-electron chi connectivity index (χ1n) is 6.06. The second-order valence-electron chi connectivity index (χ2n) is 4.53. The number of anilines is 2. The highest BCUT2D eigenvalue weighted by Crippen LogP contribution is 2.27. The predicted octanol–water partition coefficient (Wildman–Crippen LogP) is 3.26. The number of benzene rings is 2. The Morgan fingerprint density at radius 3 is 2.50 bits per heavy atom. The Balaban J connectivity index is 2.25. The molecule has 5 heteroatoms. The lowest BCUT2D eigenvalue weighted by Gasteiger charge is -2.22. The average molecular weight is 291 g/mol. The summed E-state index contributed by atoms with van der Waals surface area (Å²) < 4.78 is 0. The normalized spacial score (nSPS) is 10.3. The van der Waals surface area contributed by atoms with E-state index < -0.39 is 5.97 Å². The van der Waals surface area contributed by atoms with E-state index in [9.17, 15) is 4.79 Å². The third-order valence-corrected chi connectivity index (χ3v) is 3.31. The summed E-state index contributed by atoms with van der Waals surface area (Å²) in [6, 6.07) is 12.5. The summed E-state index contributed by atoms with van der Waals surface area (Å²) in [6.45, 7) is 0.616. The number of nitrogen functional groups attached to an aromatic ring is 1. The van der Waals surface area contributed by atoms with Gasteiger partial charge in [-0.3, -0.25) is 0 Å². The maximum Gasteiger partial charge on any atom is 0.337 e. The molecular weight excluding hydrogens is 276 g/mol. The van der Waals surface area contributed by atoms with E-state index in [4.69, 9.17) is 22.4 Å². The van der Waals surface area contributed by atoms with Crippen molar-refractivity contribution in [3.05, 3.63) is 58.6 Å². The lowest BCUT2D eigenvalue weighted by atomic mass is 10.1. The van der Waals surface area contributed by atoms with E-state index in [1.54, 1.807) is 12.1 Å². The van der Waals surface area contributed by atoms with Gasteiger partial charge in [-0.2, -0.15) is 0 Å². The second-order valence-corrected chi connectivity index (χ2v) is 4.96. The van der Waals surface area contributed by atoms with Gasteiger partial charge >= 0.3 is 5.97 Å². The van der Waals surface area contributed by atoms with Gasteiger partial charge < -0.3 is 15.7 Å². The molecule has 2 rings (SSSR count). The van der Waals surface area contributed by atoms with Crippen LogP contribution in [0.4, 0.5) is 11.4 Å². The molecule has 0 heterocycles. The number of para-hydroxylation sites is 1. The number of carboxylic acid groups (broad SMARTS) is 1. The Bertz CT molecular complexity index is 626. The van der Waals surface area contributed by atoms with Gasteiger partial charge in [0, 0.05) is 18.6 Å². The molecular formula is C15H15ClN2O2. The first-order valence-corrected chi connectivity index (χ1v) is 6.44. The molecule has 0 spiro atoms. The van der Waals surface area contributed by atoms with Crippen LogP contribution in [-0.4, -0.2) is 18.1 Å². The van der Waals surface area contributed by atoms with Crippen LogP contribution in [0.3, 0.4) is 0 Å². The fourth-order valence-corrected chi connectivity index (χ4v) is 2.15. The number of aromatic carboxylic acids is 1. The van der Waals surface area contributed by atoms with Crippen LogP contribution in [-0.2, 0) is 6.54 Å². The minimum Gasteiger partial charge on any atom is -0.478 e. The lowest BCUT2D eigenvalue weighted by molar-refractivity contribution is 0.0698. The Kier molecular flexibility index (Phi) is 4.15. The zero-order chi connectivity index (χ0) is 14.7. The zero-order valence-electron chi connectivity index (χ0n) is 11.0. The number of halogens is 1. The zero-order valence-corrected chi connectivity index (χ0v) is 11.8. The Labute approximate surface area is 122 Å². The van der Waals surface area contributed by atoms with E-state index in [1.807, 2.05) is 36.2 Å². The molecule has 2 aromatic carbocycles. The molecule has 0 aliphatic carbocycles. The van der Waals surface area contributed by atoms with Crippen molar-refractivity contribution < 1.29 is 9.90 Å². The van der Waals surface area contributed by atoms with E-state index in [2.05, 4.69) is 0 Å². The second kappa shape index (κ2) is 5.84. The summed E-state index contributed by atoms with van der Waals surface area (Å²) in [5.74, 6) is -1.02. The monoisotopic (exact) mass is 290 g/mol. The van der Waals surface area contributed by atoms with Crippen LogP contribution in [0.15, 0.2) is 42.5 Å². The van der Waals surface area contributed by atoms with Gasteiger partial charge in [-0.25, -0.2) is 4.79 Å². The number of rotatable bonds is 4. The van der Waals surface area contributed by atoms with Crippen LogP contribution in [0.2, 0.25) is 5.02 Å². The molecule has 20 heavy (non-hydrogen) atoms. The van der Waals surface area contributed by atoms with Crippen LogP contribution in [0.1, 0.15) is 15.9 Å². The lowest BCUT2D eigenvalue weighted by Crippen LogP contribution is -2.19. The smallest absolute Gasteiger partial charge is 0.337 e. The highest BCUT2D eigenvalue weighted by atomic mass is 35.5. The molecule has 0 unspecified atom stereocenters. The summed E-state index contributed by atoms with van der Waals surface area (Å²) in [7, 11) is 1.87. The molecule has 104 valence electrons. The van der Waals surface area contributed by atoms with Crippen LogP contribution in [0.5, 0.6) is 0 Å². The van der Waals surface area contributed by atoms with Gasteiger partial charge in [0.1, 0.15) is 0 Å². The van der Waals surface area contributed by atoms with E-state index in [-0.39, 0.29) is 11.3 Å². The largest absolute Gasteiger partial charge is 0.478 e. The quantitative estimate of drug-likeness (QED) is 0.848. The van der Waals surface area contributed by atoms with Gasteiger partial charge in [0.25, 0.3) is 0 Å². The molecule has 3 N–H and O–H groups in total. The minimum atomic E-state index is -1.02. The van der Waals surface area contributed by atoms with Gasteiger partial charge in [0.2, 0.25) is 0 Å². The minimum absolute atomic E-state index is 0.116. The highest BCUT2D eigenvalue weighted by molar-refractivity contribution is 6.30. The average Bonchev–Trinajstić information content (AvgIpc) is 2.41. The van der Waals surface area contributed by atoms with Gasteiger partial charge in [-0.15, -0.1) is 0 Å². The fourth-order valence-electron chi connectivity index (χ4n) is 2.02. The molecule has 2 aromatic rings. The van der Waals surface area contributed by atoms with Crippen LogP contribution in [0.25, 0.3) is 0 Å². The molecule has 0 saturated carbocycles. The van der Waals surface area contributed by atoms with Gasteiger partial charge in [0.15, 0.2) is 0 Å². The first-order chi connectivity index (χ1) is 9.49. The molecule has 4 nitrogen and oxygen atoms in total. The maximum absolute atomic E-state index is 11.1. The van der Waals surface area contributed by atoms with E-state index in [0.29, 0.717) is 17.3 Å². The molecule has 0 bridgehead atoms. The summed E-state index contributed by atoms with van der Waals surface area (Å²) >= 11 is 5.85. The Morgan fingerprint density at radius 2 is 1.90 bits per heavy atom. The highest BCUT2D eigenvalue weighted by Gasteiger charge is 2.13. The summed E-state index contributed by atoms with van der Waals surface area (Å²) in [5, 5.41) is 9.76. The number of nitrogens with zero attached hydrogens (tertiary/aromatic N) is 1. The topological polar surface area (TPSA) is 66.6 Å². The van der Waals surface area contributed by atoms with Gasteiger partial charge in [-0.05, 0) is 29.8 Å². The van der Waals surface area contributed by atoms with Crippen molar-refractivity contribution >= 4 is 28.9 Å². The Hall–Kier alpha value is -2.20. The molecule has 0 aromatic heterocycles. The molecule has 0 fully saturated rings. The predicted molar refractivity (Wildman–Crippen MR) is 81.4 cm³/mol. The van der Waals surface area contributed by atoms with Crippen molar-refractivity contribution in [3.8, 4) is 0 Å². The van der Waals surface area contributed by atoms with Crippen molar-refractivity contribution in [2.75, 3.05) is 17.7 Å². The number of hydrogen-bond donors (Lipinski definition) is 2. The summed E-state index contributed by atoms with van der Waals surface area (Å²) in [6.07, 6.45) is 0. The third kappa shape index (κ3) is 3.03. The number of carboxylic acids is 1. The van der Waals surface area contributed by atoms with E-state index in [0.717, 1.165) is 5.56 Å². The van der Waals surface area contributed by atoms with Gasteiger partial charge in [0.05, 0.1) is 16.9 Å². The molecule has 0 radical (unpaired) electrons. The van der Waals surface area contributed by atoms with Crippen molar-refractivity contribution in [1.29, 1.82) is 0 Å². The SMILES string of the molecule is CN(Cc1ccc(Cl)cc1)c1cccc(C(=O)O)c1N. The molecule has 0 aliphatic rings. The van der Waals surface area contributed by atoms with E-state index >= 15 is 0 Å². The standard InChI is InChI=1S/C15H15ClN2O2/c1-18(9-10-5-7-11(16)8-6-10)13-4-2-3-12(14(13)17)15(19)20/h2-8H,9,17H2,1H3,(H,19,20). The molecule has 0 aliphatic heterocycles. The molecule has 0 saturated heterocycles. The van der Waals surface area contributed by atoms with Crippen LogP contribution < -0.4 is 10.6 Å². The maximum atomic E-state index is 11.1. The third-order valence-electron chi connectivity index (χ3n) is 3.06. The number of carbonyl (C=O) groups is 1. The first kappa shape index (κ1) is 14.2. The fraction of sp³-hybridized carbons (Fsp3) is 0.133.